The van der Waals surface area contributed by atoms with Gasteiger partial charge in [0.15, 0.2) is 0 Å². The topological polar surface area (TPSA) is 18.5 Å². The molecule has 0 bridgehead atoms. The van der Waals surface area contributed by atoms with Crippen LogP contribution in [0.2, 0.25) is 0 Å². The number of hydrogen-bond acceptors (Lipinski definition) is 3. The van der Waals surface area contributed by atoms with Gasteiger partial charge >= 0.3 is 0 Å². The molecule has 1 aromatic rings. The quantitative estimate of drug-likeness (QED) is 0.715. The second-order valence-electron chi connectivity index (χ2n) is 6.07. The van der Waals surface area contributed by atoms with Crippen LogP contribution in [0.25, 0.3) is 0 Å². The summed E-state index contributed by atoms with van der Waals surface area (Å²) in [6.45, 7) is 12.1. The van der Waals surface area contributed by atoms with E-state index in [2.05, 4.69) is 74.2 Å². The first-order valence-corrected chi connectivity index (χ1v) is 8.23. The van der Waals surface area contributed by atoms with Crippen molar-refractivity contribution in [2.75, 3.05) is 46.8 Å². The predicted octanol–water partition coefficient (Wildman–Crippen LogP) is 2.92. The molecule has 120 valence electrons. The van der Waals surface area contributed by atoms with E-state index < -0.39 is 0 Å². The Morgan fingerprint density at radius 2 is 1.71 bits per heavy atom. The van der Waals surface area contributed by atoms with Crippen LogP contribution in [0.3, 0.4) is 0 Å². The largest absolute Gasteiger partial charge is 0.309 e. The number of nitrogens with one attached hydrogen (secondary N) is 1. The molecule has 1 rings (SSSR count). The minimum atomic E-state index is 0.426. The van der Waals surface area contributed by atoms with Gasteiger partial charge < -0.3 is 15.1 Å². The van der Waals surface area contributed by atoms with E-state index in [0.29, 0.717) is 6.04 Å². The van der Waals surface area contributed by atoms with E-state index in [0.717, 1.165) is 26.2 Å². The summed E-state index contributed by atoms with van der Waals surface area (Å²) in [7, 11) is 4.29. The van der Waals surface area contributed by atoms with Gasteiger partial charge in [-0.25, -0.2) is 0 Å². The van der Waals surface area contributed by atoms with Crippen LogP contribution in [-0.2, 0) is 0 Å². The second kappa shape index (κ2) is 9.93. The zero-order valence-electron chi connectivity index (χ0n) is 14.5. The molecular formula is C18H33N3. The van der Waals surface area contributed by atoms with E-state index >= 15 is 0 Å². The van der Waals surface area contributed by atoms with Crippen LogP contribution in [-0.4, -0.2) is 56.6 Å². The standard InChI is InChI=1S/C18H33N3/c1-6-19-18(17-11-9-16(3)10-12-17)15-21(7-2)14-8-13-20(4)5/h9-12,18-19H,6-8,13-15H2,1-5H3. The minimum absolute atomic E-state index is 0.426. The lowest BCUT2D eigenvalue weighted by Gasteiger charge is -2.28. The molecule has 1 aromatic carbocycles. The average Bonchev–Trinajstić information content (AvgIpc) is 2.46. The molecule has 1 unspecified atom stereocenters. The molecule has 3 heteroatoms. The zero-order chi connectivity index (χ0) is 15.7. The molecule has 0 saturated heterocycles. The number of likely N-dealkylation sites (N-methyl/N-ethyl adjacent to an activating group) is 2. The first-order valence-electron chi connectivity index (χ1n) is 8.23. The Morgan fingerprint density at radius 1 is 1.05 bits per heavy atom. The van der Waals surface area contributed by atoms with Crippen molar-refractivity contribution in [2.24, 2.45) is 0 Å². The van der Waals surface area contributed by atoms with Crippen molar-refractivity contribution >= 4 is 0 Å². The van der Waals surface area contributed by atoms with Crippen LogP contribution < -0.4 is 5.32 Å². The van der Waals surface area contributed by atoms with Gasteiger partial charge in [0, 0.05) is 12.6 Å². The van der Waals surface area contributed by atoms with E-state index in [4.69, 9.17) is 0 Å². The van der Waals surface area contributed by atoms with Gasteiger partial charge in [-0.15, -0.1) is 0 Å². The van der Waals surface area contributed by atoms with E-state index in [1.54, 1.807) is 0 Å². The molecule has 0 spiro atoms. The first kappa shape index (κ1) is 18.1. The molecule has 0 heterocycles. The third-order valence-electron chi connectivity index (χ3n) is 3.90. The molecule has 0 radical (unpaired) electrons. The predicted molar refractivity (Wildman–Crippen MR) is 92.9 cm³/mol. The highest BCUT2D eigenvalue weighted by molar-refractivity contribution is 5.24. The van der Waals surface area contributed by atoms with Gasteiger partial charge in [-0.3, -0.25) is 0 Å². The summed E-state index contributed by atoms with van der Waals surface area (Å²) in [4.78, 5) is 4.81. The van der Waals surface area contributed by atoms with Crippen molar-refractivity contribution < 1.29 is 0 Å². The lowest BCUT2D eigenvalue weighted by molar-refractivity contribution is 0.240. The molecule has 0 aliphatic carbocycles. The van der Waals surface area contributed by atoms with Crippen molar-refractivity contribution in [3.8, 4) is 0 Å². The van der Waals surface area contributed by atoms with Crippen molar-refractivity contribution in [2.45, 2.75) is 33.2 Å². The number of hydrogen-bond donors (Lipinski definition) is 1. The van der Waals surface area contributed by atoms with E-state index in [1.165, 1.54) is 24.1 Å². The van der Waals surface area contributed by atoms with Crippen LogP contribution in [0.1, 0.15) is 37.4 Å². The van der Waals surface area contributed by atoms with Crippen LogP contribution in [0.4, 0.5) is 0 Å². The maximum absolute atomic E-state index is 3.63. The third-order valence-corrected chi connectivity index (χ3v) is 3.90. The lowest BCUT2D eigenvalue weighted by Crippen LogP contribution is -2.36. The minimum Gasteiger partial charge on any atom is -0.309 e. The van der Waals surface area contributed by atoms with Gasteiger partial charge in [-0.2, -0.15) is 0 Å². The fraction of sp³-hybridized carbons (Fsp3) is 0.667. The first-order chi connectivity index (χ1) is 10.1. The Bertz CT molecular complexity index is 373. The highest BCUT2D eigenvalue weighted by atomic mass is 15.1. The van der Waals surface area contributed by atoms with Crippen LogP contribution in [0.15, 0.2) is 24.3 Å². The summed E-state index contributed by atoms with van der Waals surface area (Å²) in [6, 6.07) is 9.37. The molecule has 0 aliphatic heterocycles. The molecule has 0 amide bonds. The Balaban J connectivity index is 2.60. The van der Waals surface area contributed by atoms with E-state index in [1.807, 2.05) is 0 Å². The molecule has 3 nitrogen and oxygen atoms in total. The van der Waals surface area contributed by atoms with E-state index in [9.17, 15) is 0 Å². The summed E-state index contributed by atoms with van der Waals surface area (Å²) in [5.74, 6) is 0. The fourth-order valence-corrected chi connectivity index (χ4v) is 2.58. The summed E-state index contributed by atoms with van der Waals surface area (Å²) < 4.78 is 0. The average molecular weight is 291 g/mol. The van der Waals surface area contributed by atoms with Gasteiger partial charge in [-0.05, 0) is 59.2 Å². The fourth-order valence-electron chi connectivity index (χ4n) is 2.58. The molecule has 1 N–H and O–H groups in total. The molecule has 0 saturated carbocycles. The maximum Gasteiger partial charge on any atom is 0.0449 e. The summed E-state index contributed by atoms with van der Waals surface area (Å²) in [5.41, 5.74) is 2.72. The maximum atomic E-state index is 3.63. The number of rotatable bonds is 10. The van der Waals surface area contributed by atoms with Crippen LogP contribution >= 0.6 is 0 Å². The SMILES string of the molecule is CCNC(CN(CC)CCCN(C)C)c1ccc(C)cc1. The van der Waals surface area contributed by atoms with Crippen molar-refractivity contribution in [1.29, 1.82) is 0 Å². The molecule has 21 heavy (non-hydrogen) atoms. The van der Waals surface area contributed by atoms with Gasteiger partial charge in [-0.1, -0.05) is 43.7 Å². The van der Waals surface area contributed by atoms with Gasteiger partial charge in [0.2, 0.25) is 0 Å². The number of nitrogens with zero attached hydrogens (tertiary/aromatic N) is 2. The summed E-state index contributed by atoms with van der Waals surface area (Å²) >= 11 is 0. The zero-order valence-corrected chi connectivity index (χ0v) is 14.5. The molecule has 0 aliphatic rings. The lowest BCUT2D eigenvalue weighted by atomic mass is 10.0. The highest BCUT2D eigenvalue weighted by Crippen LogP contribution is 2.15. The van der Waals surface area contributed by atoms with Gasteiger partial charge in [0.25, 0.3) is 0 Å². The summed E-state index contributed by atoms with van der Waals surface area (Å²) in [6.07, 6.45) is 1.23. The van der Waals surface area contributed by atoms with Crippen LogP contribution in [0, 0.1) is 6.92 Å². The highest BCUT2D eigenvalue weighted by Gasteiger charge is 2.14. The Kier molecular flexibility index (Phi) is 8.58. The molecule has 0 fully saturated rings. The molecule has 1 atom stereocenters. The summed E-state index contributed by atoms with van der Waals surface area (Å²) in [5, 5.41) is 3.63. The van der Waals surface area contributed by atoms with Crippen molar-refractivity contribution in [3.63, 3.8) is 0 Å². The molecular weight excluding hydrogens is 258 g/mol. The monoisotopic (exact) mass is 291 g/mol. The molecule has 0 aromatic heterocycles. The normalized spacial score (nSPS) is 13.1. The van der Waals surface area contributed by atoms with Gasteiger partial charge in [0.05, 0.1) is 0 Å². The Hall–Kier alpha value is -0.900. The second-order valence-corrected chi connectivity index (χ2v) is 6.07. The number of aryl methyl sites for hydroxylation is 1. The van der Waals surface area contributed by atoms with Crippen molar-refractivity contribution in [1.82, 2.24) is 15.1 Å². The number of benzene rings is 1. The Morgan fingerprint density at radius 3 is 2.24 bits per heavy atom. The van der Waals surface area contributed by atoms with Gasteiger partial charge in [0.1, 0.15) is 0 Å². The van der Waals surface area contributed by atoms with Crippen LogP contribution in [0.5, 0.6) is 0 Å². The van der Waals surface area contributed by atoms with E-state index in [-0.39, 0.29) is 0 Å². The third kappa shape index (κ3) is 7.07. The van der Waals surface area contributed by atoms with Crippen molar-refractivity contribution in [3.05, 3.63) is 35.4 Å². The smallest absolute Gasteiger partial charge is 0.0449 e. The Labute approximate surface area is 131 Å².